The molecule has 0 fully saturated rings. The molecule has 0 saturated carbocycles. The molecule has 0 atom stereocenters. The van der Waals surface area contributed by atoms with Crippen LogP contribution in [0, 0.1) is 0 Å². The first-order valence-corrected chi connectivity index (χ1v) is 6.80. The Labute approximate surface area is 112 Å². The second-order valence-electron chi connectivity index (χ2n) is 4.43. The van der Waals surface area contributed by atoms with Gasteiger partial charge in [-0.2, -0.15) is 0 Å². The monoisotopic (exact) mass is 300 g/mol. The van der Waals surface area contributed by atoms with Crippen LogP contribution < -0.4 is 5.32 Å². The molecule has 0 aromatic carbocycles. The first-order valence-electron chi connectivity index (χ1n) is 6.01. The average Bonchev–Trinajstić information content (AvgIpc) is 2.30. The lowest BCUT2D eigenvalue weighted by Crippen LogP contribution is -2.27. The number of hydrogen-bond acceptors (Lipinski definition) is 4. The fourth-order valence-electron chi connectivity index (χ4n) is 1.35. The van der Waals surface area contributed by atoms with Crippen LogP contribution in [0.2, 0.25) is 0 Å². The van der Waals surface area contributed by atoms with E-state index >= 15 is 0 Å². The van der Waals surface area contributed by atoms with Gasteiger partial charge in [0.2, 0.25) is 5.95 Å². The van der Waals surface area contributed by atoms with Crippen LogP contribution in [0.15, 0.2) is 16.9 Å². The molecule has 0 spiro atoms. The van der Waals surface area contributed by atoms with Crippen LogP contribution in [0.1, 0.15) is 26.7 Å². The van der Waals surface area contributed by atoms with Crippen LogP contribution in [0.3, 0.4) is 0 Å². The summed E-state index contributed by atoms with van der Waals surface area (Å²) in [4.78, 5) is 10.7. The van der Waals surface area contributed by atoms with Crippen LogP contribution in [-0.4, -0.2) is 41.0 Å². The predicted molar refractivity (Wildman–Crippen MR) is 75.2 cm³/mol. The van der Waals surface area contributed by atoms with Crippen molar-refractivity contribution in [3.63, 3.8) is 0 Å². The molecule has 0 aliphatic rings. The Morgan fingerprint density at radius 2 is 1.94 bits per heavy atom. The van der Waals surface area contributed by atoms with Crippen molar-refractivity contribution >= 4 is 21.9 Å². The summed E-state index contributed by atoms with van der Waals surface area (Å²) in [5.41, 5.74) is 0. The Morgan fingerprint density at radius 1 is 1.29 bits per heavy atom. The van der Waals surface area contributed by atoms with Gasteiger partial charge in [0.05, 0.1) is 4.47 Å². The van der Waals surface area contributed by atoms with Crippen molar-refractivity contribution in [2.75, 3.05) is 25.5 Å². The van der Waals surface area contributed by atoms with Gasteiger partial charge in [-0.15, -0.1) is 0 Å². The van der Waals surface area contributed by atoms with Crippen molar-refractivity contribution in [3.8, 4) is 0 Å². The lowest BCUT2D eigenvalue weighted by Gasteiger charge is -2.20. The van der Waals surface area contributed by atoms with E-state index in [9.17, 15) is 0 Å². The lowest BCUT2D eigenvalue weighted by atomic mass is 10.2. The normalized spacial score (nSPS) is 11.2. The van der Waals surface area contributed by atoms with E-state index in [0.717, 1.165) is 24.0 Å². The molecule has 1 N–H and O–H groups in total. The lowest BCUT2D eigenvalue weighted by molar-refractivity contribution is 0.269. The summed E-state index contributed by atoms with van der Waals surface area (Å²) in [6.45, 7) is 6.50. The molecule has 1 aromatic rings. The maximum Gasteiger partial charge on any atom is 0.222 e. The number of halogens is 1. The molecule has 17 heavy (non-hydrogen) atoms. The molecule has 5 heteroatoms. The van der Waals surface area contributed by atoms with Crippen molar-refractivity contribution in [2.24, 2.45) is 0 Å². The maximum atomic E-state index is 4.16. The van der Waals surface area contributed by atoms with Gasteiger partial charge in [0.15, 0.2) is 0 Å². The molecule has 0 saturated heterocycles. The van der Waals surface area contributed by atoms with Gasteiger partial charge in [0, 0.05) is 25.0 Å². The van der Waals surface area contributed by atoms with E-state index in [0.29, 0.717) is 12.0 Å². The van der Waals surface area contributed by atoms with E-state index in [4.69, 9.17) is 0 Å². The minimum Gasteiger partial charge on any atom is -0.354 e. The Bertz CT molecular complexity index is 313. The summed E-state index contributed by atoms with van der Waals surface area (Å²) in [6, 6.07) is 0.623. The van der Waals surface area contributed by atoms with Crippen molar-refractivity contribution in [1.29, 1.82) is 0 Å². The molecule has 0 amide bonds. The molecule has 0 aliphatic heterocycles. The van der Waals surface area contributed by atoms with Gasteiger partial charge in [-0.25, -0.2) is 9.97 Å². The summed E-state index contributed by atoms with van der Waals surface area (Å²) in [7, 11) is 2.16. The van der Waals surface area contributed by atoms with E-state index in [2.05, 4.69) is 57.0 Å². The van der Waals surface area contributed by atoms with Gasteiger partial charge in [-0.05, 0) is 56.2 Å². The van der Waals surface area contributed by atoms with Gasteiger partial charge < -0.3 is 10.2 Å². The number of anilines is 1. The SMILES string of the molecule is CC(C)N(C)CCCCNc1ncc(Br)cn1. The third-order valence-corrected chi connectivity index (χ3v) is 3.13. The Hall–Kier alpha value is -0.680. The molecule has 0 bridgehead atoms. The predicted octanol–water partition coefficient (Wildman–Crippen LogP) is 2.77. The van der Waals surface area contributed by atoms with Crippen molar-refractivity contribution in [1.82, 2.24) is 14.9 Å². The first-order chi connectivity index (χ1) is 8.09. The summed E-state index contributed by atoms with van der Waals surface area (Å²) in [6.07, 6.45) is 5.83. The van der Waals surface area contributed by atoms with Crippen molar-refractivity contribution < 1.29 is 0 Å². The van der Waals surface area contributed by atoms with E-state index in [1.54, 1.807) is 12.4 Å². The van der Waals surface area contributed by atoms with Crippen LogP contribution in [-0.2, 0) is 0 Å². The van der Waals surface area contributed by atoms with E-state index < -0.39 is 0 Å². The smallest absolute Gasteiger partial charge is 0.222 e. The Kier molecular flexibility index (Phi) is 6.44. The quantitative estimate of drug-likeness (QED) is 0.786. The topological polar surface area (TPSA) is 41.0 Å². The average molecular weight is 301 g/mol. The van der Waals surface area contributed by atoms with Crippen molar-refractivity contribution in [2.45, 2.75) is 32.7 Å². The van der Waals surface area contributed by atoms with Gasteiger partial charge in [0.1, 0.15) is 0 Å². The molecule has 1 aromatic heterocycles. The molecule has 1 heterocycles. The Morgan fingerprint density at radius 3 is 2.53 bits per heavy atom. The highest BCUT2D eigenvalue weighted by Crippen LogP contribution is 2.06. The largest absolute Gasteiger partial charge is 0.354 e. The number of rotatable bonds is 7. The highest BCUT2D eigenvalue weighted by molar-refractivity contribution is 9.10. The third-order valence-electron chi connectivity index (χ3n) is 2.72. The maximum absolute atomic E-state index is 4.16. The highest BCUT2D eigenvalue weighted by atomic mass is 79.9. The van der Waals surface area contributed by atoms with E-state index in [-0.39, 0.29) is 0 Å². The summed E-state index contributed by atoms with van der Waals surface area (Å²) < 4.78 is 0.904. The molecule has 0 unspecified atom stereocenters. The van der Waals surface area contributed by atoms with Gasteiger partial charge in [-0.3, -0.25) is 0 Å². The van der Waals surface area contributed by atoms with Crippen LogP contribution in [0.4, 0.5) is 5.95 Å². The fraction of sp³-hybridized carbons (Fsp3) is 0.667. The summed E-state index contributed by atoms with van der Waals surface area (Å²) in [5.74, 6) is 0.699. The third kappa shape index (κ3) is 5.98. The molecular formula is C12H21BrN4. The molecule has 0 aliphatic carbocycles. The zero-order chi connectivity index (χ0) is 12.7. The Balaban J connectivity index is 2.10. The second kappa shape index (κ2) is 7.61. The van der Waals surface area contributed by atoms with Crippen LogP contribution in [0.5, 0.6) is 0 Å². The van der Waals surface area contributed by atoms with Gasteiger partial charge in [-0.1, -0.05) is 0 Å². The number of hydrogen-bond donors (Lipinski definition) is 1. The molecule has 4 nitrogen and oxygen atoms in total. The summed E-state index contributed by atoms with van der Waals surface area (Å²) >= 11 is 3.31. The minimum absolute atomic E-state index is 0.623. The number of nitrogens with zero attached hydrogens (tertiary/aromatic N) is 3. The molecular weight excluding hydrogens is 280 g/mol. The zero-order valence-electron chi connectivity index (χ0n) is 10.8. The molecule has 0 radical (unpaired) electrons. The minimum atomic E-state index is 0.623. The van der Waals surface area contributed by atoms with E-state index in [1.807, 2.05) is 0 Å². The number of aromatic nitrogens is 2. The van der Waals surface area contributed by atoms with Crippen LogP contribution >= 0.6 is 15.9 Å². The molecule has 1 rings (SSSR count). The fourth-order valence-corrected chi connectivity index (χ4v) is 1.55. The number of unbranched alkanes of at least 4 members (excludes halogenated alkanes) is 1. The van der Waals surface area contributed by atoms with Gasteiger partial charge >= 0.3 is 0 Å². The van der Waals surface area contributed by atoms with Crippen LogP contribution in [0.25, 0.3) is 0 Å². The first kappa shape index (κ1) is 14.4. The summed E-state index contributed by atoms with van der Waals surface area (Å²) in [5, 5.41) is 3.21. The van der Waals surface area contributed by atoms with E-state index in [1.165, 1.54) is 6.42 Å². The number of nitrogens with one attached hydrogen (secondary N) is 1. The van der Waals surface area contributed by atoms with Crippen molar-refractivity contribution in [3.05, 3.63) is 16.9 Å². The zero-order valence-corrected chi connectivity index (χ0v) is 12.4. The standard InChI is InChI=1S/C12H21BrN4/c1-10(2)17(3)7-5-4-6-14-12-15-8-11(13)9-16-12/h8-10H,4-7H2,1-3H3,(H,14,15,16). The second-order valence-corrected chi connectivity index (χ2v) is 5.35. The molecule has 96 valence electrons. The van der Waals surface area contributed by atoms with Gasteiger partial charge in [0.25, 0.3) is 0 Å². The highest BCUT2D eigenvalue weighted by Gasteiger charge is 2.01.